The molecule has 2 saturated heterocycles. The van der Waals surface area contributed by atoms with Crippen molar-refractivity contribution in [3.8, 4) is 0 Å². The third kappa shape index (κ3) is 2.96. The zero-order valence-corrected chi connectivity index (χ0v) is 12.5. The Hall–Kier alpha value is -1.14. The SMILES string of the molecule is CC1OC(C)C(C(=O)N(CC(N)=O)C2CCNC2)C1C. The van der Waals surface area contributed by atoms with Crippen LogP contribution in [0.3, 0.4) is 0 Å². The number of nitrogens with zero attached hydrogens (tertiary/aromatic N) is 1. The minimum atomic E-state index is -0.461. The second-order valence-corrected chi connectivity index (χ2v) is 6.01. The molecular weight excluding hydrogens is 258 g/mol. The summed E-state index contributed by atoms with van der Waals surface area (Å²) in [4.78, 5) is 25.8. The number of hydrogen-bond donors (Lipinski definition) is 2. The van der Waals surface area contributed by atoms with E-state index in [4.69, 9.17) is 10.5 Å². The van der Waals surface area contributed by atoms with Gasteiger partial charge < -0.3 is 20.7 Å². The van der Waals surface area contributed by atoms with E-state index in [2.05, 4.69) is 5.32 Å². The number of amides is 2. The van der Waals surface area contributed by atoms with Gasteiger partial charge in [0.2, 0.25) is 11.8 Å². The molecule has 0 radical (unpaired) electrons. The highest BCUT2D eigenvalue weighted by atomic mass is 16.5. The lowest BCUT2D eigenvalue weighted by atomic mass is 9.88. The Morgan fingerprint density at radius 3 is 2.45 bits per heavy atom. The molecule has 0 saturated carbocycles. The van der Waals surface area contributed by atoms with Crippen molar-refractivity contribution in [2.24, 2.45) is 17.6 Å². The van der Waals surface area contributed by atoms with E-state index >= 15 is 0 Å². The van der Waals surface area contributed by atoms with Crippen LogP contribution in [0.15, 0.2) is 0 Å². The topological polar surface area (TPSA) is 84.7 Å². The Morgan fingerprint density at radius 1 is 1.30 bits per heavy atom. The van der Waals surface area contributed by atoms with Crippen molar-refractivity contribution in [2.45, 2.75) is 45.4 Å². The number of primary amides is 1. The number of nitrogens with two attached hydrogens (primary N) is 1. The average Bonchev–Trinajstić information content (AvgIpc) is 2.96. The zero-order valence-electron chi connectivity index (χ0n) is 12.5. The van der Waals surface area contributed by atoms with Crippen molar-refractivity contribution in [1.82, 2.24) is 10.2 Å². The van der Waals surface area contributed by atoms with E-state index in [1.165, 1.54) is 0 Å². The van der Waals surface area contributed by atoms with Crippen LogP contribution < -0.4 is 11.1 Å². The van der Waals surface area contributed by atoms with E-state index in [9.17, 15) is 9.59 Å². The van der Waals surface area contributed by atoms with E-state index in [1.54, 1.807) is 4.90 Å². The summed E-state index contributed by atoms with van der Waals surface area (Å²) in [5.74, 6) is -0.494. The number of ether oxygens (including phenoxy) is 1. The Labute approximate surface area is 120 Å². The molecule has 6 heteroatoms. The molecule has 2 rings (SSSR count). The largest absolute Gasteiger partial charge is 0.374 e. The van der Waals surface area contributed by atoms with Gasteiger partial charge in [-0.2, -0.15) is 0 Å². The van der Waals surface area contributed by atoms with Crippen LogP contribution in [-0.4, -0.2) is 54.6 Å². The Morgan fingerprint density at radius 2 is 2.00 bits per heavy atom. The molecule has 5 atom stereocenters. The molecule has 0 aliphatic carbocycles. The maximum absolute atomic E-state index is 12.8. The van der Waals surface area contributed by atoms with Crippen LogP contribution in [0.4, 0.5) is 0 Å². The summed E-state index contributed by atoms with van der Waals surface area (Å²) < 4.78 is 5.75. The highest BCUT2D eigenvalue weighted by Gasteiger charge is 2.44. The molecule has 2 amide bonds. The van der Waals surface area contributed by atoms with Crippen LogP contribution in [0, 0.1) is 11.8 Å². The van der Waals surface area contributed by atoms with Gasteiger partial charge in [-0.25, -0.2) is 0 Å². The van der Waals surface area contributed by atoms with Crippen LogP contribution in [0.25, 0.3) is 0 Å². The predicted octanol–water partition coefficient (Wildman–Crippen LogP) is -0.278. The molecule has 2 fully saturated rings. The lowest BCUT2D eigenvalue weighted by Gasteiger charge is -2.32. The molecule has 0 spiro atoms. The average molecular weight is 283 g/mol. The molecule has 0 bridgehead atoms. The zero-order chi connectivity index (χ0) is 14.9. The molecule has 0 aromatic rings. The Balaban J connectivity index is 2.15. The third-order valence-corrected chi connectivity index (χ3v) is 4.61. The van der Waals surface area contributed by atoms with Crippen LogP contribution in [0.5, 0.6) is 0 Å². The van der Waals surface area contributed by atoms with E-state index in [1.807, 2.05) is 20.8 Å². The maximum atomic E-state index is 12.8. The third-order valence-electron chi connectivity index (χ3n) is 4.61. The minimum absolute atomic E-state index is 0.00171. The highest BCUT2D eigenvalue weighted by Crippen LogP contribution is 2.34. The lowest BCUT2D eigenvalue weighted by Crippen LogP contribution is -2.50. The smallest absolute Gasteiger partial charge is 0.237 e. The summed E-state index contributed by atoms with van der Waals surface area (Å²) in [6.45, 7) is 7.55. The monoisotopic (exact) mass is 283 g/mol. The van der Waals surface area contributed by atoms with Crippen LogP contribution in [-0.2, 0) is 14.3 Å². The van der Waals surface area contributed by atoms with Crippen molar-refractivity contribution >= 4 is 11.8 Å². The van der Waals surface area contributed by atoms with Gasteiger partial charge in [-0.05, 0) is 32.7 Å². The van der Waals surface area contributed by atoms with Crippen molar-refractivity contribution in [2.75, 3.05) is 19.6 Å². The molecule has 2 heterocycles. The maximum Gasteiger partial charge on any atom is 0.237 e. The molecule has 0 aromatic carbocycles. The van der Waals surface area contributed by atoms with Crippen molar-refractivity contribution in [3.63, 3.8) is 0 Å². The Kier molecular flexibility index (Phi) is 4.65. The van der Waals surface area contributed by atoms with Crippen LogP contribution in [0.2, 0.25) is 0 Å². The van der Waals surface area contributed by atoms with Gasteiger partial charge in [0.25, 0.3) is 0 Å². The first-order chi connectivity index (χ1) is 9.41. The first kappa shape index (κ1) is 15.3. The standard InChI is InChI=1S/C14H25N3O3/c1-8-9(2)20-10(3)13(8)14(19)17(7-12(15)18)11-4-5-16-6-11/h8-11,13,16H,4-7H2,1-3H3,(H2,15,18). The molecule has 6 nitrogen and oxygen atoms in total. The van der Waals surface area contributed by atoms with Crippen LogP contribution >= 0.6 is 0 Å². The molecule has 114 valence electrons. The van der Waals surface area contributed by atoms with Gasteiger partial charge in [0.15, 0.2) is 0 Å². The normalized spacial score (nSPS) is 37.0. The van der Waals surface area contributed by atoms with Crippen molar-refractivity contribution < 1.29 is 14.3 Å². The second kappa shape index (κ2) is 6.10. The molecule has 3 N–H and O–H groups in total. The highest BCUT2D eigenvalue weighted by molar-refractivity contribution is 5.86. The number of carbonyl (C=O) groups excluding carboxylic acids is 2. The molecule has 5 unspecified atom stereocenters. The minimum Gasteiger partial charge on any atom is -0.374 e. The summed E-state index contributed by atoms with van der Waals surface area (Å²) in [5, 5.41) is 3.23. The Bertz CT molecular complexity index is 382. The van der Waals surface area contributed by atoms with E-state index < -0.39 is 5.91 Å². The molecule has 20 heavy (non-hydrogen) atoms. The molecule has 2 aliphatic heterocycles. The summed E-state index contributed by atoms with van der Waals surface area (Å²) in [6.07, 6.45) is 0.818. The summed E-state index contributed by atoms with van der Waals surface area (Å²) >= 11 is 0. The first-order valence-corrected chi connectivity index (χ1v) is 7.36. The van der Waals surface area contributed by atoms with Crippen LogP contribution in [0.1, 0.15) is 27.2 Å². The number of nitrogens with one attached hydrogen (secondary N) is 1. The quantitative estimate of drug-likeness (QED) is 0.743. The van der Waals surface area contributed by atoms with E-state index in [0.717, 1.165) is 19.5 Å². The number of hydrogen-bond acceptors (Lipinski definition) is 4. The van der Waals surface area contributed by atoms with Gasteiger partial charge in [-0.1, -0.05) is 6.92 Å². The fraction of sp³-hybridized carbons (Fsp3) is 0.857. The van der Waals surface area contributed by atoms with Gasteiger partial charge in [0.05, 0.1) is 24.7 Å². The molecular formula is C14H25N3O3. The molecule has 0 aromatic heterocycles. The number of carbonyl (C=O) groups is 2. The first-order valence-electron chi connectivity index (χ1n) is 7.36. The van der Waals surface area contributed by atoms with Crippen molar-refractivity contribution in [3.05, 3.63) is 0 Å². The molecule has 2 aliphatic rings. The van der Waals surface area contributed by atoms with Gasteiger partial charge in [-0.15, -0.1) is 0 Å². The fourth-order valence-electron chi connectivity index (χ4n) is 3.34. The fourth-order valence-corrected chi connectivity index (χ4v) is 3.34. The lowest BCUT2D eigenvalue weighted by molar-refractivity contribution is -0.143. The summed E-state index contributed by atoms with van der Waals surface area (Å²) in [5.41, 5.74) is 5.31. The van der Waals surface area contributed by atoms with Crippen molar-refractivity contribution in [1.29, 1.82) is 0 Å². The van der Waals surface area contributed by atoms with E-state index in [0.29, 0.717) is 0 Å². The number of rotatable bonds is 4. The van der Waals surface area contributed by atoms with Gasteiger partial charge in [0.1, 0.15) is 0 Å². The van der Waals surface area contributed by atoms with Gasteiger partial charge in [0, 0.05) is 12.6 Å². The summed E-state index contributed by atoms with van der Waals surface area (Å²) in [6, 6.07) is 0.0605. The second-order valence-electron chi connectivity index (χ2n) is 6.01. The van der Waals surface area contributed by atoms with E-state index in [-0.39, 0.29) is 42.5 Å². The van der Waals surface area contributed by atoms with Gasteiger partial charge in [-0.3, -0.25) is 9.59 Å². The predicted molar refractivity (Wildman–Crippen MR) is 74.8 cm³/mol. The summed E-state index contributed by atoms with van der Waals surface area (Å²) in [7, 11) is 0. The van der Waals surface area contributed by atoms with Gasteiger partial charge >= 0.3 is 0 Å².